The number of ketones is 1. The van der Waals surface area contributed by atoms with Crippen LogP contribution in [0.4, 0.5) is 0 Å². The predicted molar refractivity (Wildman–Crippen MR) is 121 cm³/mol. The van der Waals surface area contributed by atoms with E-state index in [0.717, 1.165) is 17.9 Å². The molecule has 168 valence electrons. The number of hydrogen-bond acceptors (Lipinski definition) is 3. The lowest BCUT2D eigenvalue weighted by atomic mass is 9.45. The van der Waals surface area contributed by atoms with Crippen LogP contribution < -0.4 is 0 Å². The fourth-order valence-electron chi connectivity index (χ4n) is 8.53. The molecule has 4 aliphatic carbocycles. The maximum atomic E-state index is 12.0. The Morgan fingerprint density at radius 1 is 1.10 bits per heavy atom. The Hall–Kier alpha value is -0.930. The van der Waals surface area contributed by atoms with Crippen LogP contribution in [-0.2, 0) is 4.79 Å². The van der Waals surface area contributed by atoms with E-state index in [1.54, 1.807) is 6.08 Å². The lowest BCUT2D eigenvalue weighted by Gasteiger charge is -2.59. The minimum absolute atomic E-state index is 0.0984. The Balaban J connectivity index is 1.55. The van der Waals surface area contributed by atoms with Crippen molar-refractivity contribution < 1.29 is 15.0 Å². The minimum Gasteiger partial charge on any atom is -0.390 e. The van der Waals surface area contributed by atoms with Crippen molar-refractivity contribution in [2.45, 2.75) is 91.8 Å². The first-order valence-corrected chi connectivity index (χ1v) is 12.3. The van der Waals surface area contributed by atoms with Gasteiger partial charge in [-0.25, -0.2) is 0 Å². The van der Waals surface area contributed by atoms with E-state index in [4.69, 9.17) is 0 Å². The summed E-state index contributed by atoms with van der Waals surface area (Å²) >= 11 is 0. The van der Waals surface area contributed by atoms with Gasteiger partial charge in [-0.2, -0.15) is 0 Å². The molecule has 4 aliphatic rings. The predicted octanol–water partition coefficient (Wildman–Crippen LogP) is 5.31. The van der Waals surface area contributed by atoms with Crippen LogP contribution in [0.2, 0.25) is 0 Å². The molecule has 0 aromatic carbocycles. The lowest BCUT2D eigenvalue weighted by molar-refractivity contribution is -0.124. The van der Waals surface area contributed by atoms with Crippen molar-refractivity contribution in [2.24, 2.45) is 46.3 Å². The maximum Gasteiger partial charge on any atom is 0.155 e. The molecule has 0 aromatic rings. The second-order valence-corrected chi connectivity index (χ2v) is 11.8. The highest BCUT2D eigenvalue weighted by Gasteiger charge is 2.60. The smallest absolute Gasteiger partial charge is 0.155 e. The molecule has 0 amide bonds. The quantitative estimate of drug-likeness (QED) is 0.613. The molecule has 0 spiro atoms. The van der Waals surface area contributed by atoms with Gasteiger partial charge in [0.15, 0.2) is 5.78 Å². The Kier molecular flexibility index (Phi) is 5.85. The van der Waals surface area contributed by atoms with E-state index in [-0.39, 0.29) is 16.7 Å². The number of carbonyl (C=O) groups is 1. The third kappa shape index (κ3) is 3.45. The highest BCUT2D eigenvalue weighted by atomic mass is 16.3. The number of allylic oxidation sites excluding steroid dienone is 3. The van der Waals surface area contributed by atoms with Crippen molar-refractivity contribution in [3.63, 3.8) is 0 Å². The number of rotatable bonds is 4. The molecule has 0 aromatic heterocycles. The Labute approximate surface area is 183 Å². The zero-order valence-electron chi connectivity index (χ0n) is 19.6. The van der Waals surface area contributed by atoms with E-state index in [1.807, 2.05) is 19.9 Å². The third-order valence-corrected chi connectivity index (χ3v) is 10.1. The van der Waals surface area contributed by atoms with Gasteiger partial charge in [-0.15, -0.1) is 0 Å². The van der Waals surface area contributed by atoms with Gasteiger partial charge in [0, 0.05) is 6.42 Å². The molecule has 3 fully saturated rings. The van der Waals surface area contributed by atoms with E-state index in [9.17, 15) is 15.0 Å². The van der Waals surface area contributed by atoms with Gasteiger partial charge in [-0.3, -0.25) is 4.79 Å². The number of hydrogen-bond donors (Lipinski definition) is 2. The summed E-state index contributed by atoms with van der Waals surface area (Å²) in [5.41, 5.74) is 1.48. The molecule has 3 nitrogen and oxygen atoms in total. The Morgan fingerprint density at radius 2 is 1.83 bits per heavy atom. The van der Waals surface area contributed by atoms with Gasteiger partial charge in [-0.05, 0) is 105 Å². The van der Waals surface area contributed by atoms with Gasteiger partial charge in [0.05, 0.1) is 12.2 Å². The highest BCUT2D eigenvalue weighted by molar-refractivity contribution is 5.91. The molecule has 0 unspecified atom stereocenters. The van der Waals surface area contributed by atoms with Gasteiger partial charge in [0.1, 0.15) is 0 Å². The van der Waals surface area contributed by atoms with E-state index in [1.165, 1.54) is 38.5 Å². The molecule has 0 saturated heterocycles. The first kappa shape index (κ1) is 22.3. The minimum atomic E-state index is -0.775. The number of fused-ring (bicyclic) bond motifs is 5. The maximum absolute atomic E-state index is 12.0. The molecule has 2 N–H and O–H groups in total. The van der Waals surface area contributed by atoms with Gasteiger partial charge < -0.3 is 10.2 Å². The molecule has 10 atom stereocenters. The van der Waals surface area contributed by atoms with Crippen molar-refractivity contribution in [3.05, 3.63) is 23.8 Å². The average molecular weight is 415 g/mol. The second-order valence-electron chi connectivity index (χ2n) is 11.8. The Bertz CT molecular complexity index is 734. The van der Waals surface area contributed by atoms with Crippen molar-refractivity contribution in [3.8, 4) is 0 Å². The van der Waals surface area contributed by atoms with Crippen molar-refractivity contribution >= 4 is 5.78 Å². The second kappa shape index (κ2) is 7.89. The summed E-state index contributed by atoms with van der Waals surface area (Å²) in [5, 5.41) is 21.4. The molecule has 4 rings (SSSR count). The van der Waals surface area contributed by atoms with Crippen LogP contribution in [0.5, 0.6) is 0 Å². The average Bonchev–Trinajstić information content (AvgIpc) is 3.04. The van der Waals surface area contributed by atoms with Crippen LogP contribution in [0.3, 0.4) is 0 Å². The molecule has 0 bridgehead atoms. The molecule has 0 heterocycles. The van der Waals surface area contributed by atoms with Crippen LogP contribution in [0.25, 0.3) is 0 Å². The monoisotopic (exact) mass is 414 g/mol. The summed E-state index contributed by atoms with van der Waals surface area (Å²) in [6.45, 7) is 11.0. The molecule has 30 heavy (non-hydrogen) atoms. The SMILES string of the molecule is CC(C)=C[C@H](O)[C@@H](O)[C@@H](C)[C@H]1CC[C@H]2[C@@H]3CC[C@H]4CC(=O)C=C[C@]4(C)[C@H]3CC[C@]12C. The van der Waals surface area contributed by atoms with E-state index >= 15 is 0 Å². The Morgan fingerprint density at radius 3 is 2.53 bits per heavy atom. The first-order chi connectivity index (χ1) is 14.1. The fourth-order valence-corrected chi connectivity index (χ4v) is 8.53. The highest BCUT2D eigenvalue weighted by Crippen LogP contribution is 2.67. The molecular formula is C27H42O3. The van der Waals surface area contributed by atoms with Crippen LogP contribution in [0, 0.1) is 46.3 Å². The summed E-state index contributed by atoms with van der Waals surface area (Å²) in [5.74, 6) is 3.54. The molecule has 0 aliphatic heterocycles. The zero-order valence-corrected chi connectivity index (χ0v) is 19.6. The van der Waals surface area contributed by atoms with Gasteiger partial charge in [0.25, 0.3) is 0 Å². The molecule has 3 saturated carbocycles. The zero-order chi connectivity index (χ0) is 21.8. The largest absolute Gasteiger partial charge is 0.390 e. The van der Waals surface area contributed by atoms with Gasteiger partial charge in [-0.1, -0.05) is 38.5 Å². The number of aliphatic hydroxyl groups is 2. The van der Waals surface area contributed by atoms with Crippen molar-refractivity contribution in [1.29, 1.82) is 0 Å². The first-order valence-electron chi connectivity index (χ1n) is 12.3. The van der Waals surface area contributed by atoms with Crippen molar-refractivity contribution in [1.82, 2.24) is 0 Å². The normalized spacial score (nSPS) is 45.7. The van der Waals surface area contributed by atoms with Crippen molar-refractivity contribution in [2.75, 3.05) is 0 Å². The topological polar surface area (TPSA) is 57.5 Å². The van der Waals surface area contributed by atoms with Gasteiger partial charge in [0.2, 0.25) is 0 Å². The number of carbonyl (C=O) groups excluding carboxylic acids is 1. The van der Waals surface area contributed by atoms with Gasteiger partial charge >= 0.3 is 0 Å². The standard InChI is InChI=1S/C27H42O3/c1-16(2)14-24(29)25(30)17(3)21-8-9-22-20-7-6-18-15-19(28)10-12-26(18,4)23(20)11-13-27(21,22)5/h10,12,14,17-18,20-25,29-30H,6-9,11,13,15H2,1-5H3/t17-,18-,20-,21+,22-,23-,24-,25-,26-,27+/m0/s1. The third-order valence-electron chi connectivity index (χ3n) is 10.1. The molecule has 3 heteroatoms. The van der Waals surface area contributed by atoms with Crippen LogP contribution in [-0.4, -0.2) is 28.2 Å². The van der Waals surface area contributed by atoms with Crippen LogP contribution >= 0.6 is 0 Å². The van der Waals surface area contributed by atoms with Crippen LogP contribution in [0.1, 0.15) is 79.6 Å². The van der Waals surface area contributed by atoms with E-state index in [0.29, 0.717) is 29.5 Å². The number of aliphatic hydroxyl groups excluding tert-OH is 2. The molecule has 0 radical (unpaired) electrons. The van der Waals surface area contributed by atoms with E-state index in [2.05, 4.69) is 26.8 Å². The van der Waals surface area contributed by atoms with Crippen LogP contribution in [0.15, 0.2) is 23.8 Å². The summed E-state index contributed by atoms with van der Waals surface area (Å²) in [6.07, 6.45) is 12.5. The summed E-state index contributed by atoms with van der Waals surface area (Å²) in [7, 11) is 0. The fraction of sp³-hybridized carbons (Fsp3) is 0.815. The summed E-state index contributed by atoms with van der Waals surface area (Å²) in [4.78, 5) is 12.0. The molecular weight excluding hydrogens is 372 g/mol. The summed E-state index contributed by atoms with van der Waals surface area (Å²) in [6, 6.07) is 0. The van der Waals surface area contributed by atoms with E-state index < -0.39 is 12.2 Å². The lowest BCUT2D eigenvalue weighted by Crippen LogP contribution is -2.53. The summed E-state index contributed by atoms with van der Waals surface area (Å²) < 4.78 is 0.